The molecule has 0 radical (unpaired) electrons. The van der Waals surface area contributed by atoms with Crippen molar-refractivity contribution in [2.45, 2.75) is 76.5 Å². The Morgan fingerprint density at radius 1 is 1.14 bits per heavy atom. The molecule has 0 spiro atoms. The molecule has 4 atom stereocenters. The van der Waals surface area contributed by atoms with Gasteiger partial charge in [0, 0.05) is 24.5 Å². The number of carboxylic acids is 2. The highest BCUT2D eigenvalue weighted by Gasteiger charge is 2.45. The van der Waals surface area contributed by atoms with E-state index in [1.54, 1.807) is 25.3 Å². The summed E-state index contributed by atoms with van der Waals surface area (Å²) in [6.45, 7) is 3.85. The van der Waals surface area contributed by atoms with E-state index in [-0.39, 0.29) is 12.8 Å². The molecular weight excluding hydrogens is 381 g/mol. The van der Waals surface area contributed by atoms with Gasteiger partial charge < -0.3 is 15.1 Å². The minimum absolute atomic E-state index is 0.156. The largest absolute Gasteiger partial charge is 0.481 e. The Labute approximate surface area is 166 Å². The first-order valence-corrected chi connectivity index (χ1v) is 11.7. The van der Waals surface area contributed by atoms with Crippen molar-refractivity contribution in [2.75, 3.05) is 0 Å². The lowest BCUT2D eigenvalue weighted by atomic mass is 9.95. The molecule has 8 heteroatoms. The molecule has 0 aliphatic carbocycles. The maximum absolute atomic E-state index is 13.6. The lowest BCUT2D eigenvalue weighted by Crippen LogP contribution is -2.30. The Bertz CT molecular complexity index is 666. The SMILES string of the molecule is CCCCCCC(C(CCC(=O)O)C(=O)O)P(=O)(O)C(CC)c1cccnc1. The molecule has 1 rings (SSSR count). The second-order valence-electron chi connectivity index (χ2n) is 7.18. The molecule has 7 nitrogen and oxygen atoms in total. The van der Waals surface area contributed by atoms with E-state index in [0.29, 0.717) is 24.8 Å². The van der Waals surface area contributed by atoms with Crippen LogP contribution in [0.4, 0.5) is 0 Å². The fourth-order valence-electron chi connectivity index (χ4n) is 3.70. The van der Waals surface area contributed by atoms with Crippen LogP contribution < -0.4 is 0 Å². The van der Waals surface area contributed by atoms with Crippen molar-refractivity contribution in [1.82, 2.24) is 4.98 Å². The van der Waals surface area contributed by atoms with Crippen LogP contribution >= 0.6 is 7.37 Å². The highest BCUT2D eigenvalue weighted by Crippen LogP contribution is 2.64. The van der Waals surface area contributed by atoms with Gasteiger partial charge in [-0.15, -0.1) is 0 Å². The number of nitrogens with zero attached hydrogens (tertiary/aromatic N) is 1. The molecular formula is C20H32NO6P. The molecule has 3 N–H and O–H groups in total. The van der Waals surface area contributed by atoms with Gasteiger partial charge in [-0.2, -0.15) is 0 Å². The molecule has 158 valence electrons. The Balaban J connectivity index is 3.22. The predicted octanol–water partition coefficient (Wildman–Crippen LogP) is 4.71. The third kappa shape index (κ3) is 7.02. The number of aliphatic carboxylic acids is 2. The van der Waals surface area contributed by atoms with Gasteiger partial charge in [0.2, 0.25) is 7.37 Å². The average Bonchev–Trinajstić information content (AvgIpc) is 2.64. The standard InChI is InChI=1S/C20H32NO6P/c1-3-5-6-7-10-18(16(20(24)25)11-12-19(22)23)28(26,27)17(4-2)15-9-8-13-21-14-15/h8-9,13-14,16-18H,3-7,10-12H2,1-2H3,(H,22,23)(H,24,25)(H,26,27). The Kier molecular flexibility index (Phi) is 10.4. The van der Waals surface area contributed by atoms with Crippen molar-refractivity contribution in [3.63, 3.8) is 0 Å². The molecule has 0 fully saturated rings. The molecule has 0 amide bonds. The monoisotopic (exact) mass is 413 g/mol. The van der Waals surface area contributed by atoms with Crippen molar-refractivity contribution in [3.05, 3.63) is 30.1 Å². The number of hydrogen-bond donors (Lipinski definition) is 3. The zero-order chi connectivity index (χ0) is 21.2. The van der Waals surface area contributed by atoms with Crippen LogP contribution in [-0.4, -0.2) is 37.7 Å². The van der Waals surface area contributed by atoms with Gasteiger partial charge in [0.1, 0.15) is 0 Å². The molecule has 28 heavy (non-hydrogen) atoms. The Morgan fingerprint density at radius 3 is 2.36 bits per heavy atom. The fourth-order valence-corrected chi connectivity index (χ4v) is 6.61. The van der Waals surface area contributed by atoms with Crippen molar-refractivity contribution in [3.8, 4) is 0 Å². The van der Waals surface area contributed by atoms with E-state index in [4.69, 9.17) is 5.11 Å². The summed E-state index contributed by atoms with van der Waals surface area (Å²) in [7, 11) is -3.97. The average molecular weight is 413 g/mol. The second kappa shape index (κ2) is 12.0. The molecule has 0 saturated heterocycles. The van der Waals surface area contributed by atoms with Crippen LogP contribution in [0.1, 0.15) is 76.4 Å². The van der Waals surface area contributed by atoms with Gasteiger partial charge in [0.15, 0.2) is 0 Å². The van der Waals surface area contributed by atoms with E-state index in [2.05, 4.69) is 11.9 Å². The summed E-state index contributed by atoms with van der Waals surface area (Å²) < 4.78 is 13.6. The van der Waals surface area contributed by atoms with Crippen LogP contribution in [0, 0.1) is 5.92 Å². The van der Waals surface area contributed by atoms with Crippen molar-refractivity contribution in [1.29, 1.82) is 0 Å². The summed E-state index contributed by atoms with van der Waals surface area (Å²) in [5.74, 6) is -3.49. The molecule has 1 aromatic heterocycles. The van der Waals surface area contributed by atoms with E-state index < -0.39 is 36.5 Å². The number of rotatable bonds is 14. The third-order valence-corrected chi connectivity index (χ3v) is 8.31. The van der Waals surface area contributed by atoms with Crippen LogP contribution in [0.5, 0.6) is 0 Å². The molecule has 0 saturated carbocycles. The van der Waals surface area contributed by atoms with Gasteiger partial charge >= 0.3 is 11.9 Å². The summed E-state index contributed by atoms with van der Waals surface area (Å²) in [5, 5.41) is 18.7. The fraction of sp³-hybridized carbons (Fsp3) is 0.650. The molecule has 1 aromatic rings. The van der Waals surface area contributed by atoms with E-state index in [0.717, 1.165) is 19.3 Å². The van der Waals surface area contributed by atoms with Crippen LogP contribution in [0.15, 0.2) is 24.5 Å². The van der Waals surface area contributed by atoms with Gasteiger partial charge in [-0.05, 0) is 30.9 Å². The van der Waals surface area contributed by atoms with Crippen molar-refractivity contribution < 1.29 is 29.3 Å². The molecule has 0 aromatic carbocycles. The maximum Gasteiger partial charge on any atom is 0.307 e. The first-order chi connectivity index (χ1) is 13.3. The molecule has 0 bridgehead atoms. The second-order valence-corrected chi connectivity index (χ2v) is 9.81. The van der Waals surface area contributed by atoms with Gasteiger partial charge in [-0.25, -0.2) is 0 Å². The summed E-state index contributed by atoms with van der Waals surface area (Å²) in [5.41, 5.74) is -1.09. The summed E-state index contributed by atoms with van der Waals surface area (Å²) >= 11 is 0. The van der Waals surface area contributed by atoms with Gasteiger partial charge in [-0.3, -0.25) is 19.1 Å². The van der Waals surface area contributed by atoms with Crippen LogP contribution in [-0.2, 0) is 14.2 Å². The normalized spacial score (nSPS) is 16.7. The van der Waals surface area contributed by atoms with E-state index >= 15 is 0 Å². The topological polar surface area (TPSA) is 125 Å². The quantitative estimate of drug-likeness (QED) is 0.298. The summed E-state index contributed by atoms with van der Waals surface area (Å²) in [4.78, 5) is 38.0. The number of aromatic nitrogens is 1. The van der Waals surface area contributed by atoms with E-state index in [1.807, 2.05) is 0 Å². The number of pyridine rings is 1. The zero-order valence-corrected chi connectivity index (χ0v) is 17.6. The number of carboxylic acid groups (broad SMARTS) is 2. The zero-order valence-electron chi connectivity index (χ0n) is 16.7. The van der Waals surface area contributed by atoms with Gasteiger partial charge in [0.25, 0.3) is 0 Å². The summed E-state index contributed by atoms with van der Waals surface area (Å²) in [6, 6.07) is 3.42. The minimum atomic E-state index is -3.97. The lowest BCUT2D eigenvalue weighted by Gasteiger charge is -2.33. The first kappa shape index (κ1) is 24.3. The van der Waals surface area contributed by atoms with Crippen LogP contribution in [0.25, 0.3) is 0 Å². The first-order valence-electron chi connectivity index (χ1n) is 9.92. The maximum atomic E-state index is 13.6. The number of unbranched alkanes of at least 4 members (excludes halogenated alkanes) is 3. The molecule has 0 aliphatic heterocycles. The molecule has 4 unspecified atom stereocenters. The van der Waals surface area contributed by atoms with Crippen LogP contribution in [0.2, 0.25) is 0 Å². The smallest absolute Gasteiger partial charge is 0.307 e. The van der Waals surface area contributed by atoms with E-state index in [1.165, 1.54) is 6.20 Å². The minimum Gasteiger partial charge on any atom is -0.481 e. The highest BCUT2D eigenvalue weighted by molar-refractivity contribution is 7.59. The Morgan fingerprint density at radius 2 is 1.86 bits per heavy atom. The number of carbonyl (C=O) groups is 2. The number of hydrogen-bond acceptors (Lipinski definition) is 4. The lowest BCUT2D eigenvalue weighted by molar-refractivity contribution is -0.143. The van der Waals surface area contributed by atoms with E-state index in [9.17, 15) is 24.2 Å². The predicted molar refractivity (Wildman–Crippen MR) is 108 cm³/mol. The van der Waals surface area contributed by atoms with Crippen molar-refractivity contribution in [2.24, 2.45) is 5.92 Å². The van der Waals surface area contributed by atoms with Crippen molar-refractivity contribution >= 4 is 19.3 Å². The molecule has 0 aliphatic rings. The third-order valence-electron chi connectivity index (χ3n) is 5.18. The van der Waals surface area contributed by atoms with Gasteiger partial charge in [0.05, 0.1) is 11.6 Å². The van der Waals surface area contributed by atoms with Gasteiger partial charge in [-0.1, -0.05) is 45.6 Å². The molecule has 1 heterocycles. The van der Waals surface area contributed by atoms with Crippen LogP contribution in [0.3, 0.4) is 0 Å². The summed E-state index contributed by atoms with van der Waals surface area (Å²) in [6.07, 6.45) is 6.74. The highest BCUT2D eigenvalue weighted by atomic mass is 31.2. The Hall–Kier alpha value is -1.72.